The van der Waals surface area contributed by atoms with Gasteiger partial charge in [-0.25, -0.2) is 4.98 Å². The third-order valence-corrected chi connectivity index (χ3v) is 3.59. The van der Waals surface area contributed by atoms with Crippen molar-refractivity contribution in [2.24, 2.45) is 0 Å². The summed E-state index contributed by atoms with van der Waals surface area (Å²) in [4.78, 5) is 4.77. The molecule has 15 heavy (non-hydrogen) atoms. The molecule has 2 aliphatic rings. The number of aryl methyl sites for hydroxylation is 2. The van der Waals surface area contributed by atoms with Gasteiger partial charge in [0.25, 0.3) is 0 Å². The molecule has 3 heteroatoms. The molecule has 1 fully saturated rings. The van der Waals surface area contributed by atoms with Gasteiger partial charge in [-0.1, -0.05) is 6.42 Å². The molecule has 2 aliphatic heterocycles. The molecule has 1 atom stereocenters. The van der Waals surface area contributed by atoms with Crippen LogP contribution in [0.4, 0.5) is 0 Å². The molecule has 3 heterocycles. The number of rotatable bonds is 1. The van der Waals surface area contributed by atoms with Gasteiger partial charge in [-0.3, -0.25) is 0 Å². The van der Waals surface area contributed by atoms with Crippen LogP contribution in [0, 0.1) is 0 Å². The zero-order valence-corrected chi connectivity index (χ0v) is 9.21. The first-order valence-electron chi connectivity index (χ1n) is 6.23. The van der Waals surface area contributed by atoms with E-state index in [1.165, 1.54) is 56.6 Å². The Hall–Kier alpha value is -0.830. The van der Waals surface area contributed by atoms with Crippen molar-refractivity contribution in [2.75, 3.05) is 6.54 Å². The molecule has 0 amide bonds. The topological polar surface area (TPSA) is 29.9 Å². The first kappa shape index (κ1) is 9.40. The third kappa shape index (κ3) is 1.81. The van der Waals surface area contributed by atoms with Crippen molar-refractivity contribution >= 4 is 0 Å². The molecule has 0 bridgehead atoms. The van der Waals surface area contributed by atoms with Crippen molar-refractivity contribution in [1.82, 2.24) is 14.9 Å². The molecule has 1 aromatic rings. The molecule has 0 radical (unpaired) electrons. The van der Waals surface area contributed by atoms with Crippen molar-refractivity contribution < 1.29 is 0 Å². The fraction of sp³-hybridized carbons (Fsp3) is 0.750. The Kier molecular flexibility index (Phi) is 2.49. The van der Waals surface area contributed by atoms with Gasteiger partial charge in [0, 0.05) is 19.2 Å². The van der Waals surface area contributed by atoms with E-state index in [1.54, 1.807) is 0 Å². The van der Waals surface area contributed by atoms with Crippen molar-refractivity contribution in [1.29, 1.82) is 0 Å². The highest BCUT2D eigenvalue weighted by Gasteiger charge is 2.20. The van der Waals surface area contributed by atoms with Gasteiger partial charge in [0.15, 0.2) is 0 Å². The SMILES string of the molecule is c1c([C@H]2CCCCN2)nc2n1CCCC2. The Balaban J connectivity index is 1.82. The summed E-state index contributed by atoms with van der Waals surface area (Å²) >= 11 is 0. The summed E-state index contributed by atoms with van der Waals surface area (Å²) in [7, 11) is 0. The molecule has 3 rings (SSSR count). The van der Waals surface area contributed by atoms with Crippen LogP contribution in [0.2, 0.25) is 0 Å². The van der Waals surface area contributed by atoms with Crippen molar-refractivity contribution in [3.8, 4) is 0 Å². The maximum Gasteiger partial charge on any atom is 0.109 e. The Labute approximate surface area is 90.9 Å². The molecule has 3 nitrogen and oxygen atoms in total. The number of aromatic nitrogens is 2. The van der Waals surface area contributed by atoms with Crippen LogP contribution in [0.5, 0.6) is 0 Å². The molecule has 1 N–H and O–H groups in total. The first-order chi connectivity index (χ1) is 7.43. The van der Waals surface area contributed by atoms with Gasteiger partial charge >= 0.3 is 0 Å². The van der Waals surface area contributed by atoms with Gasteiger partial charge in [-0.2, -0.15) is 0 Å². The highest BCUT2D eigenvalue weighted by Crippen LogP contribution is 2.24. The Morgan fingerprint density at radius 2 is 2.27 bits per heavy atom. The fourth-order valence-electron chi connectivity index (χ4n) is 2.71. The average Bonchev–Trinajstić information content (AvgIpc) is 2.74. The maximum absolute atomic E-state index is 4.77. The normalized spacial score (nSPS) is 26.3. The zero-order valence-electron chi connectivity index (χ0n) is 9.21. The number of nitrogens with one attached hydrogen (secondary N) is 1. The van der Waals surface area contributed by atoms with E-state index in [0.29, 0.717) is 6.04 Å². The zero-order chi connectivity index (χ0) is 10.1. The van der Waals surface area contributed by atoms with E-state index in [4.69, 9.17) is 4.98 Å². The molecular weight excluding hydrogens is 186 g/mol. The van der Waals surface area contributed by atoms with E-state index in [2.05, 4.69) is 16.1 Å². The summed E-state index contributed by atoms with van der Waals surface area (Å²) in [5.41, 5.74) is 1.28. The minimum absolute atomic E-state index is 0.525. The highest BCUT2D eigenvalue weighted by atomic mass is 15.1. The summed E-state index contributed by atoms with van der Waals surface area (Å²) in [6.45, 7) is 2.34. The minimum Gasteiger partial charge on any atom is -0.335 e. The lowest BCUT2D eigenvalue weighted by Gasteiger charge is -2.21. The maximum atomic E-state index is 4.77. The first-order valence-corrected chi connectivity index (χ1v) is 6.23. The summed E-state index contributed by atoms with van der Waals surface area (Å²) in [6.07, 6.45) is 10.0. The van der Waals surface area contributed by atoms with E-state index in [9.17, 15) is 0 Å². The van der Waals surface area contributed by atoms with Crippen LogP contribution in [0.25, 0.3) is 0 Å². The molecule has 1 saturated heterocycles. The molecule has 0 unspecified atom stereocenters. The van der Waals surface area contributed by atoms with Gasteiger partial charge < -0.3 is 9.88 Å². The quantitative estimate of drug-likeness (QED) is 0.760. The van der Waals surface area contributed by atoms with Gasteiger partial charge in [0.1, 0.15) is 5.82 Å². The van der Waals surface area contributed by atoms with Gasteiger partial charge in [0.05, 0.1) is 11.7 Å². The van der Waals surface area contributed by atoms with Crippen LogP contribution in [0.3, 0.4) is 0 Å². The fourth-order valence-corrected chi connectivity index (χ4v) is 2.71. The molecule has 0 aromatic carbocycles. The number of hydrogen-bond donors (Lipinski definition) is 1. The highest BCUT2D eigenvalue weighted by molar-refractivity contribution is 5.11. The second-order valence-corrected chi connectivity index (χ2v) is 4.73. The van der Waals surface area contributed by atoms with Crippen LogP contribution in [-0.4, -0.2) is 16.1 Å². The molecular formula is C12H19N3. The molecule has 0 saturated carbocycles. The van der Waals surface area contributed by atoms with E-state index in [1.807, 2.05) is 0 Å². The number of imidazole rings is 1. The number of piperidine rings is 1. The second-order valence-electron chi connectivity index (χ2n) is 4.73. The van der Waals surface area contributed by atoms with Crippen LogP contribution in [0.15, 0.2) is 6.20 Å². The van der Waals surface area contributed by atoms with Gasteiger partial charge in [-0.05, 0) is 32.2 Å². The van der Waals surface area contributed by atoms with E-state index in [0.717, 1.165) is 6.54 Å². The van der Waals surface area contributed by atoms with Crippen molar-refractivity contribution in [3.63, 3.8) is 0 Å². The van der Waals surface area contributed by atoms with E-state index in [-0.39, 0.29) is 0 Å². The Morgan fingerprint density at radius 3 is 3.07 bits per heavy atom. The number of hydrogen-bond acceptors (Lipinski definition) is 2. The minimum atomic E-state index is 0.525. The smallest absolute Gasteiger partial charge is 0.109 e. The van der Waals surface area contributed by atoms with Crippen LogP contribution >= 0.6 is 0 Å². The lowest BCUT2D eigenvalue weighted by Crippen LogP contribution is -2.27. The molecule has 1 aromatic heterocycles. The summed E-state index contributed by atoms with van der Waals surface area (Å²) in [5.74, 6) is 1.31. The van der Waals surface area contributed by atoms with Crippen molar-refractivity contribution in [3.05, 3.63) is 17.7 Å². The third-order valence-electron chi connectivity index (χ3n) is 3.59. The Bertz CT molecular complexity index is 313. The molecule has 0 aliphatic carbocycles. The van der Waals surface area contributed by atoms with Crippen LogP contribution < -0.4 is 5.32 Å². The van der Waals surface area contributed by atoms with Crippen LogP contribution in [-0.2, 0) is 13.0 Å². The molecule has 82 valence electrons. The van der Waals surface area contributed by atoms with Crippen LogP contribution in [0.1, 0.15) is 49.7 Å². The van der Waals surface area contributed by atoms with E-state index < -0.39 is 0 Å². The summed E-state index contributed by atoms with van der Waals surface area (Å²) in [6, 6.07) is 0.525. The Morgan fingerprint density at radius 1 is 1.27 bits per heavy atom. The van der Waals surface area contributed by atoms with E-state index >= 15 is 0 Å². The van der Waals surface area contributed by atoms with Crippen molar-refractivity contribution in [2.45, 2.75) is 51.1 Å². The van der Waals surface area contributed by atoms with Gasteiger partial charge in [-0.15, -0.1) is 0 Å². The number of fused-ring (bicyclic) bond motifs is 1. The average molecular weight is 205 g/mol. The predicted octanol–water partition coefficient (Wildman–Crippen LogP) is 2.03. The number of nitrogens with zero attached hydrogens (tertiary/aromatic N) is 2. The summed E-state index contributed by atoms with van der Waals surface area (Å²) in [5, 5.41) is 3.57. The monoisotopic (exact) mass is 205 g/mol. The summed E-state index contributed by atoms with van der Waals surface area (Å²) < 4.78 is 2.36. The standard InChI is InChI=1S/C12H19N3/c1-3-7-13-10(5-1)11-9-15-8-4-2-6-12(15)14-11/h9-10,13H,1-8H2/t10-/m1/s1. The predicted molar refractivity (Wildman–Crippen MR) is 59.8 cm³/mol. The lowest BCUT2D eigenvalue weighted by molar-refractivity contribution is 0.406. The molecule has 0 spiro atoms. The lowest BCUT2D eigenvalue weighted by atomic mass is 10.0. The second kappa shape index (κ2) is 3.97. The largest absolute Gasteiger partial charge is 0.335 e. The van der Waals surface area contributed by atoms with Gasteiger partial charge in [0.2, 0.25) is 0 Å².